The Balaban J connectivity index is 2.69. The van der Waals surface area contributed by atoms with Gasteiger partial charge in [-0.3, -0.25) is 9.59 Å². The van der Waals surface area contributed by atoms with E-state index in [0.29, 0.717) is 11.3 Å². The number of ketones is 1. The fourth-order valence-electron chi connectivity index (χ4n) is 1.14. The van der Waals surface area contributed by atoms with Crippen LogP contribution < -0.4 is 5.32 Å². The van der Waals surface area contributed by atoms with E-state index in [-0.39, 0.29) is 11.7 Å². The van der Waals surface area contributed by atoms with Crippen molar-refractivity contribution in [3.8, 4) is 0 Å². The first-order chi connectivity index (χ1) is 7.54. The standard InChI is InChI=1S/C12H15NO3/c1-8(14)10-4-6-11(7-5-10)13-12(15)9(2)16-3/h4-7,9H,1-3H3,(H,13,15). The molecule has 4 heteroatoms. The van der Waals surface area contributed by atoms with Gasteiger partial charge in [-0.2, -0.15) is 0 Å². The van der Waals surface area contributed by atoms with Gasteiger partial charge in [0.1, 0.15) is 6.10 Å². The lowest BCUT2D eigenvalue weighted by Gasteiger charge is -2.10. The van der Waals surface area contributed by atoms with Crippen molar-refractivity contribution < 1.29 is 14.3 Å². The van der Waals surface area contributed by atoms with Gasteiger partial charge in [0.05, 0.1) is 0 Å². The molecule has 0 saturated heterocycles. The highest BCUT2D eigenvalue weighted by molar-refractivity contribution is 5.96. The van der Waals surface area contributed by atoms with E-state index in [9.17, 15) is 9.59 Å². The van der Waals surface area contributed by atoms with Crippen LogP contribution in [-0.2, 0) is 9.53 Å². The third-order valence-electron chi connectivity index (χ3n) is 2.28. The summed E-state index contributed by atoms with van der Waals surface area (Å²) in [6, 6.07) is 6.73. The summed E-state index contributed by atoms with van der Waals surface area (Å²) < 4.78 is 4.88. The minimum Gasteiger partial charge on any atom is -0.372 e. The lowest BCUT2D eigenvalue weighted by Crippen LogP contribution is -2.26. The minimum atomic E-state index is -0.493. The monoisotopic (exact) mass is 221 g/mol. The van der Waals surface area contributed by atoms with Crippen molar-refractivity contribution in [3.63, 3.8) is 0 Å². The van der Waals surface area contributed by atoms with Crippen LogP contribution in [0.15, 0.2) is 24.3 Å². The fourth-order valence-corrected chi connectivity index (χ4v) is 1.14. The van der Waals surface area contributed by atoms with Gasteiger partial charge < -0.3 is 10.1 Å². The highest BCUT2D eigenvalue weighted by Crippen LogP contribution is 2.10. The van der Waals surface area contributed by atoms with Crippen LogP contribution >= 0.6 is 0 Å². The highest BCUT2D eigenvalue weighted by Gasteiger charge is 2.11. The Morgan fingerprint density at radius 3 is 2.25 bits per heavy atom. The maximum Gasteiger partial charge on any atom is 0.253 e. The number of benzene rings is 1. The second kappa shape index (κ2) is 5.42. The number of Topliss-reactive ketones (excluding diaryl/α,β-unsaturated/α-hetero) is 1. The Labute approximate surface area is 94.6 Å². The van der Waals surface area contributed by atoms with Crippen molar-refractivity contribution in [1.29, 1.82) is 0 Å². The molecule has 1 unspecified atom stereocenters. The lowest BCUT2D eigenvalue weighted by atomic mass is 10.1. The molecule has 0 aromatic heterocycles. The first-order valence-corrected chi connectivity index (χ1v) is 4.99. The van der Waals surface area contributed by atoms with Gasteiger partial charge in [-0.25, -0.2) is 0 Å². The van der Waals surface area contributed by atoms with Gasteiger partial charge in [0.2, 0.25) is 0 Å². The predicted molar refractivity (Wildman–Crippen MR) is 61.5 cm³/mol. The molecule has 0 spiro atoms. The average molecular weight is 221 g/mol. The van der Waals surface area contributed by atoms with Gasteiger partial charge in [0, 0.05) is 18.4 Å². The molecule has 16 heavy (non-hydrogen) atoms. The van der Waals surface area contributed by atoms with Crippen LogP contribution in [0.1, 0.15) is 24.2 Å². The number of carbonyl (C=O) groups is 2. The maximum absolute atomic E-state index is 11.5. The third-order valence-corrected chi connectivity index (χ3v) is 2.28. The number of hydrogen-bond donors (Lipinski definition) is 1. The van der Waals surface area contributed by atoms with Crippen LogP contribution in [0.25, 0.3) is 0 Å². The Hall–Kier alpha value is -1.68. The number of hydrogen-bond acceptors (Lipinski definition) is 3. The Kier molecular flexibility index (Phi) is 4.19. The van der Waals surface area contributed by atoms with Gasteiger partial charge in [-0.15, -0.1) is 0 Å². The minimum absolute atomic E-state index is 0.00290. The quantitative estimate of drug-likeness (QED) is 0.789. The van der Waals surface area contributed by atoms with E-state index in [4.69, 9.17) is 4.74 Å². The van der Waals surface area contributed by atoms with Crippen LogP contribution in [-0.4, -0.2) is 24.9 Å². The molecule has 86 valence electrons. The second-order valence-electron chi connectivity index (χ2n) is 3.50. The summed E-state index contributed by atoms with van der Waals surface area (Å²) in [4.78, 5) is 22.5. The zero-order valence-electron chi connectivity index (χ0n) is 9.61. The largest absolute Gasteiger partial charge is 0.372 e. The van der Waals surface area contributed by atoms with E-state index in [2.05, 4.69) is 5.32 Å². The molecule has 0 aliphatic heterocycles. The molecule has 0 fully saturated rings. The highest BCUT2D eigenvalue weighted by atomic mass is 16.5. The molecule has 0 radical (unpaired) electrons. The lowest BCUT2D eigenvalue weighted by molar-refractivity contribution is -0.124. The van der Waals surface area contributed by atoms with E-state index < -0.39 is 6.10 Å². The summed E-state index contributed by atoms with van der Waals surface area (Å²) in [5.41, 5.74) is 1.27. The number of nitrogens with one attached hydrogen (secondary N) is 1. The molecule has 0 heterocycles. The van der Waals surface area contributed by atoms with Crippen LogP contribution in [0, 0.1) is 0 Å². The van der Waals surface area contributed by atoms with E-state index in [1.165, 1.54) is 14.0 Å². The molecule has 1 rings (SSSR count). The smallest absolute Gasteiger partial charge is 0.253 e. The maximum atomic E-state index is 11.5. The summed E-state index contributed by atoms with van der Waals surface area (Å²) in [7, 11) is 1.48. The molecule has 0 aliphatic carbocycles. The summed E-state index contributed by atoms with van der Waals surface area (Å²) in [6.07, 6.45) is -0.493. The van der Waals surface area contributed by atoms with Crippen molar-refractivity contribution in [2.45, 2.75) is 20.0 Å². The number of rotatable bonds is 4. The normalized spacial score (nSPS) is 11.9. The number of anilines is 1. The molecular weight excluding hydrogens is 206 g/mol. The van der Waals surface area contributed by atoms with Gasteiger partial charge in [0.15, 0.2) is 5.78 Å². The average Bonchev–Trinajstić information content (AvgIpc) is 2.28. The number of amides is 1. The second-order valence-corrected chi connectivity index (χ2v) is 3.50. The zero-order valence-corrected chi connectivity index (χ0v) is 9.61. The molecule has 4 nitrogen and oxygen atoms in total. The summed E-state index contributed by atoms with van der Waals surface area (Å²) >= 11 is 0. The van der Waals surface area contributed by atoms with Crippen molar-refractivity contribution in [2.75, 3.05) is 12.4 Å². The number of ether oxygens (including phenoxy) is 1. The molecule has 0 aliphatic rings. The van der Waals surface area contributed by atoms with Crippen LogP contribution in [0.5, 0.6) is 0 Å². The van der Waals surface area contributed by atoms with Crippen LogP contribution in [0.4, 0.5) is 5.69 Å². The van der Waals surface area contributed by atoms with Gasteiger partial charge in [-0.05, 0) is 38.1 Å². The van der Waals surface area contributed by atoms with E-state index >= 15 is 0 Å². The van der Waals surface area contributed by atoms with E-state index in [1.54, 1.807) is 31.2 Å². The van der Waals surface area contributed by atoms with Gasteiger partial charge in [0.25, 0.3) is 5.91 Å². The first kappa shape index (κ1) is 12.4. The molecular formula is C12H15NO3. The Morgan fingerprint density at radius 1 is 1.25 bits per heavy atom. The fraction of sp³-hybridized carbons (Fsp3) is 0.333. The molecule has 1 atom stereocenters. The first-order valence-electron chi connectivity index (χ1n) is 4.99. The van der Waals surface area contributed by atoms with Gasteiger partial charge in [-0.1, -0.05) is 0 Å². The van der Waals surface area contributed by atoms with Crippen molar-refractivity contribution in [3.05, 3.63) is 29.8 Å². The van der Waals surface area contributed by atoms with E-state index in [0.717, 1.165) is 0 Å². The molecule has 1 amide bonds. The number of methoxy groups -OCH3 is 1. The predicted octanol–water partition coefficient (Wildman–Crippen LogP) is 1.86. The zero-order chi connectivity index (χ0) is 12.1. The summed E-state index contributed by atoms with van der Waals surface area (Å²) in [5.74, 6) is -0.207. The van der Waals surface area contributed by atoms with Crippen molar-refractivity contribution >= 4 is 17.4 Å². The topological polar surface area (TPSA) is 55.4 Å². The Bertz CT molecular complexity index is 384. The van der Waals surface area contributed by atoms with Crippen molar-refractivity contribution in [1.82, 2.24) is 0 Å². The SMILES string of the molecule is COC(C)C(=O)Nc1ccc(C(C)=O)cc1. The van der Waals surface area contributed by atoms with Crippen molar-refractivity contribution in [2.24, 2.45) is 0 Å². The molecule has 0 saturated carbocycles. The summed E-state index contributed by atoms with van der Waals surface area (Å²) in [5, 5.41) is 2.68. The van der Waals surface area contributed by atoms with Crippen LogP contribution in [0.3, 0.4) is 0 Å². The summed E-state index contributed by atoms with van der Waals surface area (Å²) in [6.45, 7) is 3.17. The van der Waals surface area contributed by atoms with E-state index in [1.807, 2.05) is 0 Å². The molecule has 1 N–H and O–H groups in total. The molecule has 1 aromatic rings. The Morgan fingerprint density at radius 2 is 1.81 bits per heavy atom. The van der Waals surface area contributed by atoms with Gasteiger partial charge >= 0.3 is 0 Å². The molecule has 0 bridgehead atoms. The van der Waals surface area contributed by atoms with Crippen LogP contribution in [0.2, 0.25) is 0 Å². The molecule has 1 aromatic carbocycles. The third kappa shape index (κ3) is 3.17. The number of carbonyl (C=O) groups excluding carboxylic acids is 2.